The summed E-state index contributed by atoms with van der Waals surface area (Å²) < 4.78 is 5.64. The Hall–Kier alpha value is -2.80. The molecule has 0 atom stereocenters. The van der Waals surface area contributed by atoms with E-state index in [4.69, 9.17) is 9.84 Å². The van der Waals surface area contributed by atoms with Gasteiger partial charge in [-0.2, -0.15) is 0 Å². The molecule has 3 rings (SSSR count). The van der Waals surface area contributed by atoms with Crippen molar-refractivity contribution in [2.75, 3.05) is 0 Å². The number of benzene rings is 1. The third-order valence-electron chi connectivity index (χ3n) is 2.78. The van der Waals surface area contributed by atoms with Gasteiger partial charge in [0.05, 0.1) is 11.4 Å². The van der Waals surface area contributed by atoms with Crippen LogP contribution in [0.3, 0.4) is 0 Å². The van der Waals surface area contributed by atoms with Crippen molar-refractivity contribution in [3.8, 4) is 11.4 Å². The molecule has 0 aliphatic rings. The number of aliphatic hydroxyl groups excluding tert-OH is 1. The van der Waals surface area contributed by atoms with E-state index in [2.05, 4.69) is 20.4 Å². The summed E-state index contributed by atoms with van der Waals surface area (Å²) in [6.07, 6.45) is 1.73. The minimum absolute atomic E-state index is 0.231. The highest BCUT2D eigenvalue weighted by Crippen LogP contribution is 2.15. The minimum atomic E-state index is -0.231. The lowest BCUT2D eigenvalue weighted by Gasteiger charge is -2.06. The first kappa shape index (κ1) is 13.2. The van der Waals surface area contributed by atoms with Crippen LogP contribution in [0.25, 0.3) is 5.69 Å². The van der Waals surface area contributed by atoms with Crippen molar-refractivity contribution in [1.82, 2.24) is 25.2 Å². The van der Waals surface area contributed by atoms with Gasteiger partial charge >= 0.3 is 0 Å². The Morgan fingerprint density at radius 1 is 1.10 bits per heavy atom. The monoisotopic (exact) mass is 283 g/mol. The lowest BCUT2D eigenvalue weighted by Crippen LogP contribution is -2.00. The number of aromatic nitrogens is 5. The number of rotatable bonds is 5. The van der Waals surface area contributed by atoms with Gasteiger partial charge in [0.1, 0.15) is 19.0 Å². The lowest BCUT2D eigenvalue weighted by molar-refractivity contribution is 0.271. The maximum absolute atomic E-state index is 8.92. The summed E-state index contributed by atoms with van der Waals surface area (Å²) in [7, 11) is 0. The van der Waals surface area contributed by atoms with Gasteiger partial charge in [-0.25, -0.2) is 0 Å². The SMILES string of the molecule is OCc1nnn(-c2ccc(OCc3ccccn3)cc2)n1. The summed E-state index contributed by atoms with van der Waals surface area (Å²) in [5.41, 5.74) is 1.61. The first-order chi connectivity index (χ1) is 10.3. The average Bonchev–Trinajstić information content (AvgIpc) is 3.03. The summed E-state index contributed by atoms with van der Waals surface area (Å²) in [5, 5.41) is 20.5. The topological polar surface area (TPSA) is 86.0 Å². The largest absolute Gasteiger partial charge is 0.487 e. The van der Waals surface area contributed by atoms with E-state index in [-0.39, 0.29) is 12.4 Å². The third kappa shape index (κ3) is 3.21. The molecular formula is C14H13N5O2. The molecule has 106 valence electrons. The van der Waals surface area contributed by atoms with Crippen LogP contribution in [0.5, 0.6) is 5.75 Å². The molecule has 7 heteroatoms. The zero-order chi connectivity index (χ0) is 14.5. The van der Waals surface area contributed by atoms with Gasteiger partial charge in [0.15, 0.2) is 0 Å². The van der Waals surface area contributed by atoms with Crippen LogP contribution < -0.4 is 4.74 Å². The number of nitrogens with zero attached hydrogens (tertiary/aromatic N) is 5. The molecule has 0 amide bonds. The highest BCUT2D eigenvalue weighted by Gasteiger charge is 2.04. The van der Waals surface area contributed by atoms with Gasteiger partial charge in [-0.1, -0.05) is 6.07 Å². The number of ether oxygens (including phenoxy) is 1. The van der Waals surface area contributed by atoms with Crippen LogP contribution in [0.4, 0.5) is 0 Å². The number of tetrazole rings is 1. The van der Waals surface area contributed by atoms with E-state index in [0.29, 0.717) is 6.61 Å². The molecule has 2 aromatic heterocycles. The second kappa shape index (κ2) is 6.10. The van der Waals surface area contributed by atoms with Crippen LogP contribution in [-0.2, 0) is 13.2 Å². The Morgan fingerprint density at radius 3 is 2.62 bits per heavy atom. The second-order valence-electron chi connectivity index (χ2n) is 4.26. The number of hydrogen-bond acceptors (Lipinski definition) is 6. The van der Waals surface area contributed by atoms with Gasteiger partial charge in [0, 0.05) is 6.20 Å². The second-order valence-corrected chi connectivity index (χ2v) is 4.26. The Kier molecular flexibility index (Phi) is 3.83. The summed E-state index contributed by atoms with van der Waals surface area (Å²) >= 11 is 0. The fourth-order valence-corrected chi connectivity index (χ4v) is 1.73. The van der Waals surface area contributed by atoms with Crippen LogP contribution in [0.1, 0.15) is 11.5 Å². The molecule has 1 aromatic carbocycles. The van der Waals surface area contributed by atoms with Crippen molar-refractivity contribution >= 4 is 0 Å². The number of pyridine rings is 1. The van der Waals surface area contributed by atoms with Crippen LogP contribution >= 0.6 is 0 Å². The van der Waals surface area contributed by atoms with Gasteiger partial charge in [-0.05, 0) is 41.6 Å². The molecule has 0 saturated heterocycles. The molecule has 0 aliphatic heterocycles. The highest BCUT2D eigenvalue weighted by molar-refractivity contribution is 5.35. The molecule has 0 fully saturated rings. The van der Waals surface area contributed by atoms with Crippen molar-refractivity contribution in [2.45, 2.75) is 13.2 Å². The lowest BCUT2D eigenvalue weighted by atomic mass is 10.3. The van der Waals surface area contributed by atoms with Crippen molar-refractivity contribution in [3.05, 3.63) is 60.2 Å². The predicted molar refractivity (Wildman–Crippen MR) is 73.6 cm³/mol. The van der Waals surface area contributed by atoms with Gasteiger partial charge in [0.25, 0.3) is 0 Å². The molecule has 0 aliphatic carbocycles. The Balaban J connectivity index is 1.66. The number of aliphatic hydroxyl groups is 1. The van der Waals surface area contributed by atoms with Gasteiger partial charge < -0.3 is 9.84 Å². The number of hydrogen-bond donors (Lipinski definition) is 1. The predicted octanol–water partition coefficient (Wildman–Crippen LogP) is 1.13. The highest BCUT2D eigenvalue weighted by atomic mass is 16.5. The van der Waals surface area contributed by atoms with Crippen molar-refractivity contribution in [2.24, 2.45) is 0 Å². The normalized spacial score (nSPS) is 10.5. The fraction of sp³-hybridized carbons (Fsp3) is 0.143. The standard InChI is InChI=1S/C14H13N5O2/c20-9-14-16-18-19(17-14)12-4-6-13(7-5-12)21-10-11-3-1-2-8-15-11/h1-8,20H,9-10H2. The first-order valence-corrected chi connectivity index (χ1v) is 6.38. The summed E-state index contributed by atoms with van der Waals surface area (Å²) in [6.45, 7) is 0.182. The quantitative estimate of drug-likeness (QED) is 0.755. The van der Waals surface area contributed by atoms with Crippen molar-refractivity contribution in [3.63, 3.8) is 0 Å². The minimum Gasteiger partial charge on any atom is -0.487 e. The smallest absolute Gasteiger partial charge is 0.200 e. The molecule has 0 saturated carbocycles. The Bertz CT molecular complexity index is 697. The Morgan fingerprint density at radius 2 is 1.95 bits per heavy atom. The van der Waals surface area contributed by atoms with Crippen LogP contribution in [0, 0.1) is 0 Å². The van der Waals surface area contributed by atoms with Crippen LogP contribution in [-0.4, -0.2) is 30.3 Å². The van der Waals surface area contributed by atoms with Gasteiger partial charge in [-0.15, -0.1) is 15.0 Å². The molecule has 0 spiro atoms. The summed E-state index contributed by atoms with van der Waals surface area (Å²) in [5.74, 6) is 1.01. The maximum Gasteiger partial charge on any atom is 0.200 e. The maximum atomic E-state index is 8.92. The molecular weight excluding hydrogens is 270 g/mol. The molecule has 0 unspecified atom stereocenters. The first-order valence-electron chi connectivity index (χ1n) is 6.38. The van der Waals surface area contributed by atoms with E-state index >= 15 is 0 Å². The molecule has 2 heterocycles. The average molecular weight is 283 g/mol. The molecule has 3 aromatic rings. The van der Waals surface area contributed by atoms with Crippen LogP contribution in [0.15, 0.2) is 48.7 Å². The third-order valence-corrected chi connectivity index (χ3v) is 2.78. The zero-order valence-electron chi connectivity index (χ0n) is 11.1. The van der Waals surface area contributed by atoms with E-state index in [0.717, 1.165) is 17.1 Å². The van der Waals surface area contributed by atoms with E-state index < -0.39 is 0 Å². The van der Waals surface area contributed by atoms with Crippen LogP contribution in [0.2, 0.25) is 0 Å². The van der Waals surface area contributed by atoms with Gasteiger partial charge in [0.2, 0.25) is 5.82 Å². The summed E-state index contributed by atoms with van der Waals surface area (Å²) in [6, 6.07) is 13.0. The molecule has 7 nitrogen and oxygen atoms in total. The zero-order valence-corrected chi connectivity index (χ0v) is 11.1. The van der Waals surface area contributed by atoms with E-state index in [1.165, 1.54) is 4.80 Å². The van der Waals surface area contributed by atoms with Gasteiger partial charge in [-0.3, -0.25) is 4.98 Å². The summed E-state index contributed by atoms with van der Waals surface area (Å²) in [4.78, 5) is 5.55. The van der Waals surface area contributed by atoms with Crippen molar-refractivity contribution in [1.29, 1.82) is 0 Å². The molecule has 0 bridgehead atoms. The molecule has 21 heavy (non-hydrogen) atoms. The van der Waals surface area contributed by atoms with E-state index in [1.807, 2.05) is 42.5 Å². The molecule has 0 radical (unpaired) electrons. The van der Waals surface area contributed by atoms with E-state index in [1.54, 1.807) is 6.20 Å². The fourth-order valence-electron chi connectivity index (χ4n) is 1.73. The Labute approximate surface area is 120 Å². The van der Waals surface area contributed by atoms with E-state index in [9.17, 15) is 0 Å². The van der Waals surface area contributed by atoms with Crippen molar-refractivity contribution < 1.29 is 9.84 Å². The molecule has 1 N–H and O–H groups in total.